The van der Waals surface area contributed by atoms with Crippen LogP contribution in [0.4, 0.5) is 0 Å². The maximum absolute atomic E-state index is 5.40. The van der Waals surface area contributed by atoms with Gasteiger partial charge in [0, 0.05) is 27.5 Å². The molecule has 2 aliphatic rings. The summed E-state index contributed by atoms with van der Waals surface area (Å²) >= 11 is 0. The summed E-state index contributed by atoms with van der Waals surface area (Å²) in [6.07, 6.45) is 0. The lowest BCUT2D eigenvalue weighted by Gasteiger charge is -2.48. The topological polar surface area (TPSA) is 43.6 Å². The largest absolute Gasteiger partial charge is 0.309 e. The van der Waals surface area contributed by atoms with E-state index >= 15 is 0 Å². The average Bonchev–Trinajstić information content (AvgIpc) is 3.72. The highest BCUT2D eigenvalue weighted by molar-refractivity contribution is 7.80. The van der Waals surface area contributed by atoms with E-state index in [-0.39, 0.29) is 0 Å². The van der Waals surface area contributed by atoms with Crippen molar-refractivity contribution in [2.45, 2.75) is 5.41 Å². The minimum absolute atomic E-state index is 0.642. The van der Waals surface area contributed by atoms with Gasteiger partial charge < -0.3 is 4.57 Å². The first-order valence-electron chi connectivity index (χ1n) is 22.2. The molecule has 0 saturated carbocycles. The van der Waals surface area contributed by atoms with Crippen LogP contribution in [0.3, 0.4) is 0 Å². The second kappa shape index (κ2) is 14.0. The Morgan fingerprint density at radius 1 is 0.354 bits per heavy atom. The summed E-state index contributed by atoms with van der Waals surface area (Å²) in [6, 6.07) is 82.3. The standard InChI is InChI=1S/C60H37N4P/c1-2-19-45(20-3-1)65-54-28-13-10-24-49(54)60(48-23-9-12-27-53(48)64-52-26-11-8-21-46(52)47-22-14-25-50(60)56(47)64)51-37-44(33-34-55(51)65)59-62-57(42-31-29-38-15-4-6-17-40(38)35-42)61-58(63-59)43-32-30-39-16-5-7-18-41(39)36-43/h1-37H. The summed E-state index contributed by atoms with van der Waals surface area (Å²) in [5.74, 6) is 1.93. The molecule has 0 N–H and O–H groups in total. The first-order valence-corrected chi connectivity index (χ1v) is 23.5. The quantitative estimate of drug-likeness (QED) is 0.166. The van der Waals surface area contributed by atoms with Crippen molar-refractivity contribution in [2.75, 3.05) is 0 Å². The first kappa shape index (κ1) is 36.4. The molecule has 2 unspecified atom stereocenters. The van der Waals surface area contributed by atoms with E-state index in [4.69, 9.17) is 15.0 Å². The Morgan fingerprint density at radius 3 is 1.60 bits per heavy atom. The van der Waals surface area contributed by atoms with E-state index in [1.54, 1.807) is 0 Å². The molecule has 4 nitrogen and oxygen atoms in total. The zero-order chi connectivity index (χ0) is 42.6. The van der Waals surface area contributed by atoms with Crippen molar-refractivity contribution >= 4 is 67.2 Å². The number of nitrogens with zero attached hydrogens (tertiary/aromatic N) is 4. The van der Waals surface area contributed by atoms with Gasteiger partial charge >= 0.3 is 0 Å². The maximum Gasteiger partial charge on any atom is 0.164 e. The maximum atomic E-state index is 5.40. The zero-order valence-electron chi connectivity index (χ0n) is 35.1. The molecule has 65 heavy (non-hydrogen) atoms. The molecule has 2 atom stereocenters. The summed E-state index contributed by atoms with van der Waals surface area (Å²) < 4.78 is 2.51. The van der Waals surface area contributed by atoms with Crippen molar-refractivity contribution < 1.29 is 0 Å². The van der Waals surface area contributed by atoms with Crippen LogP contribution in [-0.2, 0) is 5.41 Å². The third-order valence-electron chi connectivity index (χ3n) is 13.8. The van der Waals surface area contributed by atoms with Gasteiger partial charge in [0.1, 0.15) is 0 Å². The third kappa shape index (κ3) is 5.26. The average molecular weight is 845 g/mol. The molecule has 0 amide bonds. The van der Waals surface area contributed by atoms with E-state index in [9.17, 15) is 0 Å². The molecular formula is C60H37N4P. The smallest absolute Gasteiger partial charge is 0.164 e. The number of fused-ring (bicyclic) bond motifs is 13. The van der Waals surface area contributed by atoms with Crippen LogP contribution in [0, 0.1) is 0 Å². The van der Waals surface area contributed by atoms with Crippen LogP contribution in [0.15, 0.2) is 224 Å². The first-order chi connectivity index (χ1) is 32.2. The number of para-hydroxylation sites is 3. The van der Waals surface area contributed by atoms with Gasteiger partial charge in [0.2, 0.25) is 0 Å². The van der Waals surface area contributed by atoms with E-state index < -0.39 is 13.3 Å². The van der Waals surface area contributed by atoms with Gasteiger partial charge in [-0.3, -0.25) is 0 Å². The zero-order valence-corrected chi connectivity index (χ0v) is 36.0. The second-order valence-electron chi connectivity index (χ2n) is 17.2. The van der Waals surface area contributed by atoms with Gasteiger partial charge in [0.15, 0.2) is 17.5 Å². The van der Waals surface area contributed by atoms with Crippen molar-refractivity contribution in [3.63, 3.8) is 0 Å². The van der Waals surface area contributed by atoms with Crippen molar-refractivity contribution in [1.29, 1.82) is 0 Å². The predicted molar refractivity (Wildman–Crippen MR) is 270 cm³/mol. The molecule has 302 valence electrons. The van der Waals surface area contributed by atoms with E-state index in [1.165, 1.54) is 76.4 Å². The van der Waals surface area contributed by atoms with Crippen LogP contribution in [0.5, 0.6) is 0 Å². The summed E-state index contributed by atoms with van der Waals surface area (Å²) in [5, 5.41) is 11.2. The Hall–Kier alpha value is -8.04. The van der Waals surface area contributed by atoms with E-state index in [2.05, 4.69) is 229 Å². The fraction of sp³-hybridized carbons (Fsp3) is 0.0167. The number of hydrogen-bond donors (Lipinski definition) is 0. The Labute approximate surface area is 376 Å². The molecular weight excluding hydrogens is 808 g/mol. The molecule has 4 heterocycles. The highest BCUT2D eigenvalue weighted by atomic mass is 31.1. The van der Waals surface area contributed by atoms with Crippen molar-refractivity contribution in [3.8, 4) is 39.9 Å². The molecule has 0 bridgehead atoms. The minimum Gasteiger partial charge on any atom is -0.309 e. The lowest BCUT2D eigenvalue weighted by Crippen LogP contribution is -2.47. The molecule has 12 aromatic rings. The van der Waals surface area contributed by atoms with Crippen LogP contribution in [0.2, 0.25) is 0 Å². The van der Waals surface area contributed by atoms with Gasteiger partial charge in [-0.2, -0.15) is 0 Å². The Kier molecular flexibility index (Phi) is 7.84. The van der Waals surface area contributed by atoms with Crippen LogP contribution in [0.25, 0.3) is 83.2 Å². The lowest BCUT2D eigenvalue weighted by molar-refractivity contribution is 0.734. The van der Waals surface area contributed by atoms with Gasteiger partial charge in [-0.15, -0.1) is 0 Å². The molecule has 5 heteroatoms. The molecule has 10 aromatic carbocycles. The Morgan fingerprint density at radius 2 is 0.877 bits per heavy atom. The molecule has 2 aromatic heterocycles. The predicted octanol–water partition coefficient (Wildman–Crippen LogP) is 13.0. The molecule has 0 radical (unpaired) electrons. The van der Waals surface area contributed by atoms with Crippen LogP contribution >= 0.6 is 7.92 Å². The van der Waals surface area contributed by atoms with Gasteiger partial charge in [0.25, 0.3) is 0 Å². The lowest BCUT2D eigenvalue weighted by atomic mass is 9.62. The fourth-order valence-electron chi connectivity index (χ4n) is 11.0. The summed E-state index contributed by atoms with van der Waals surface area (Å²) in [6.45, 7) is 0. The van der Waals surface area contributed by atoms with Crippen molar-refractivity contribution in [3.05, 3.63) is 247 Å². The minimum atomic E-state index is -0.944. The normalized spacial score (nSPS) is 15.9. The number of rotatable bonds is 4. The molecule has 0 saturated heterocycles. The van der Waals surface area contributed by atoms with Gasteiger partial charge in [-0.1, -0.05) is 194 Å². The van der Waals surface area contributed by atoms with E-state index in [0.29, 0.717) is 17.5 Å². The summed E-state index contributed by atoms with van der Waals surface area (Å²) in [4.78, 5) is 16.0. The van der Waals surface area contributed by atoms with Crippen LogP contribution in [0.1, 0.15) is 22.3 Å². The van der Waals surface area contributed by atoms with Gasteiger partial charge in [-0.05, 0) is 98.0 Å². The highest BCUT2D eigenvalue weighted by Crippen LogP contribution is 2.58. The number of aromatic nitrogens is 4. The summed E-state index contributed by atoms with van der Waals surface area (Å²) in [5.41, 5.74) is 11.0. The molecule has 1 spiro atoms. The van der Waals surface area contributed by atoms with Crippen LogP contribution < -0.4 is 15.9 Å². The molecule has 0 fully saturated rings. The van der Waals surface area contributed by atoms with Crippen LogP contribution in [-0.4, -0.2) is 19.5 Å². The Balaban J connectivity index is 1.09. The SMILES string of the molecule is c1ccc(P2c3ccccc3C3(c4ccccc4-n4c5ccccc5c5cccc3c54)c3cc(-c4nc(-c5ccc6ccccc6c5)nc(-c5ccc6ccccc6c5)n4)ccc32)cc1. The fourth-order valence-corrected chi connectivity index (χ4v) is 13.7. The number of hydrogen-bond acceptors (Lipinski definition) is 3. The number of benzene rings is 10. The van der Waals surface area contributed by atoms with E-state index in [1.807, 2.05) is 0 Å². The highest BCUT2D eigenvalue weighted by Gasteiger charge is 2.51. The van der Waals surface area contributed by atoms with Gasteiger partial charge in [-0.25, -0.2) is 15.0 Å². The third-order valence-corrected chi connectivity index (χ3v) is 16.3. The monoisotopic (exact) mass is 844 g/mol. The summed E-state index contributed by atoms with van der Waals surface area (Å²) in [7, 11) is -0.944. The van der Waals surface area contributed by atoms with Gasteiger partial charge in [0.05, 0.1) is 22.1 Å². The Bertz CT molecular complexity index is 3830. The molecule has 14 rings (SSSR count). The second-order valence-corrected chi connectivity index (χ2v) is 19.3. The molecule has 2 aliphatic heterocycles. The van der Waals surface area contributed by atoms with Crippen molar-refractivity contribution in [2.24, 2.45) is 0 Å². The van der Waals surface area contributed by atoms with Crippen molar-refractivity contribution in [1.82, 2.24) is 19.5 Å². The molecule has 0 aliphatic carbocycles. The van der Waals surface area contributed by atoms with E-state index in [0.717, 1.165) is 27.5 Å².